The summed E-state index contributed by atoms with van der Waals surface area (Å²) in [6.07, 6.45) is 3.61. The van der Waals surface area contributed by atoms with E-state index in [0.717, 1.165) is 43.3 Å². The van der Waals surface area contributed by atoms with Gasteiger partial charge in [0.05, 0.1) is 18.1 Å². The summed E-state index contributed by atoms with van der Waals surface area (Å²) in [4.78, 5) is 25.5. The number of amides is 1. The fourth-order valence-electron chi connectivity index (χ4n) is 3.90. The monoisotopic (exact) mass is 366 g/mol. The van der Waals surface area contributed by atoms with Crippen molar-refractivity contribution in [2.24, 2.45) is 11.8 Å². The van der Waals surface area contributed by atoms with E-state index in [1.807, 2.05) is 68.4 Å². The van der Waals surface area contributed by atoms with Gasteiger partial charge in [0, 0.05) is 43.6 Å². The van der Waals surface area contributed by atoms with Crippen LogP contribution in [0.4, 0.5) is 10.5 Å². The molecule has 2 saturated heterocycles. The maximum absolute atomic E-state index is 12.3. The van der Waals surface area contributed by atoms with E-state index in [4.69, 9.17) is 4.74 Å². The molecule has 2 fully saturated rings. The topological polar surface area (TPSA) is 58.6 Å². The average Bonchev–Trinajstić information content (AvgIpc) is 3.20. The van der Waals surface area contributed by atoms with E-state index in [2.05, 4.69) is 14.9 Å². The van der Waals surface area contributed by atoms with Crippen LogP contribution < -0.4 is 4.90 Å². The Morgan fingerprint density at radius 1 is 1.00 bits per heavy atom. The molecule has 142 valence electrons. The number of anilines is 1. The molecule has 1 amide bonds. The summed E-state index contributed by atoms with van der Waals surface area (Å²) in [6.45, 7) is 9.10. The zero-order valence-electron chi connectivity index (χ0n) is 16.1. The molecule has 2 unspecified atom stereocenters. The second-order valence-corrected chi connectivity index (χ2v) is 8.44. The molecule has 1 aromatic carbocycles. The second-order valence-electron chi connectivity index (χ2n) is 8.44. The molecule has 6 heteroatoms. The average molecular weight is 366 g/mol. The Morgan fingerprint density at radius 3 is 2.15 bits per heavy atom. The Hall–Kier alpha value is -2.63. The summed E-state index contributed by atoms with van der Waals surface area (Å²) < 4.78 is 5.51. The van der Waals surface area contributed by atoms with E-state index in [9.17, 15) is 4.79 Å². The fourth-order valence-corrected chi connectivity index (χ4v) is 3.90. The van der Waals surface area contributed by atoms with Crippen LogP contribution in [0.3, 0.4) is 0 Å². The summed E-state index contributed by atoms with van der Waals surface area (Å²) in [7, 11) is 0. The lowest BCUT2D eigenvalue weighted by molar-refractivity contribution is 0.0282. The van der Waals surface area contributed by atoms with Gasteiger partial charge in [0.25, 0.3) is 0 Å². The van der Waals surface area contributed by atoms with Crippen LogP contribution in [0.15, 0.2) is 42.7 Å². The minimum atomic E-state index is -0.446. The molecule has 0 spiro atoms. The number of carbonyl (C=O) groups is 1. The maximum atomic E-state index is 12.3. The molecule has 1 aromatic heterocycles. The minimum Gasteiger partial charge on any atom is -0.444 e. The van der Waals surface area contributed by atoms with Crippen molar-refractivity contribution in [3.63, 3.8) is 0 Å². The van der Waals surface area contributed by atoms with Gasteiger partial charge in [-0.15, -0.1) is 0 Å². The highest BCUT2D eigenvalue weighted by atomic mass is 16.6. The number of likely N-dealkylation sites (tertiary alicyclic amines) is 1. The van der Waals surface area contributed by atoms with E-state index in [1.54, 1.807) is 0 Å². The van der Waals surface area contributed by atoms with Crippen LogP contribution in [-0.2, 0) is 4.74 Å². The first kappa shape index (κ1) is 17.8. The molecule has 2 aliphatic rings. The largest absolute Gasteiger partial charge is 0.444 e. The lowest BCUT2D eigenvalue weighted by Crippen LogP contribution is -2.37. The molecular weight excluding hydrogens is 340 g/mol. The Bertz CT molecular complexity index is 787. The molecule has 3 heterocycles. The number of rotatable bonds is 2. The van der Waals surface area contributed by atoms with Crippen molar-refractivity contribution in [3.05, 3.63) is 42.7 Å². The van der Waals surface area contributed by atoms with Gasteiger partial charge in [-0.2, -0.15) is 0 Å². The van der Waals surface area contributed by atoms with Gasteiger partial charge in [-0.3, -0.25) is 0 Å². The van der Waals surface area contributed by atoms with Gasteiger partial charge in [0.1, 0.15) is 5.60 Å². The molecular formula is C21H26N4O2. The van der Waals surface area contributed by atoms with E-state index in [-0.39, 0.29) is 6.09 Å². The van der Waals surface area contributed by atoms with Gasteiger partial charge in [0.15, 0.2) is 5.82 Å². The first-order valence-corrected chi connectivity index (χ1v) is 9.49. The summed E-state index contributed by atoms with van der Waals surface area (Å²) in [5.74, 6) is 1.70. The van der Waals surface area contributed by atoms with Gasteiger partial charge in [-0.25, -0.2) is 14.8 Å². The smallest absolute Gasteiger partial charge is 0.410 e. The molecule has 0 saturated carbocycles. The van der Waals surface area contributed by atoms with Crippen molar-refractivity contribution in [1.29, 1.82) is 0 Å². The molecule has 2 aliphatic heterocycles. The number of benzene rings is 1. The lowest BCUT2D eigenvalue weighted by atomic mass is 10.0. The van der Waals surface area contributed by atoms with Gasteiger partial charge < -0.3 is 14.5 Å². The highest BCUT2D eigenvalue weighted by Crippen LogP contribution is 2.34. The third-order valence-electron chi connectivity index (χ3n) is 5.17. The van der Waals surface area contributed by atoms with Crippen molar-refractivity contribution in [2.75, 3.05) is 31.1 Å². The van der Waals surface area contributed by atoms with Crippen molar-refractivity contribution in [3.8, 4) is 11.4 Å². The first-order valence-electron chi connectivity index (χ1n) is 9.49. The Balaban J connectivity index is 1.37. The molecule has 6 nitrogen and oxygen atoms in total. The van der Waals surface area contributed by atoms with Crippen molar-refractivity contribution in [1.82, 2.24) is 14.9 Å². The predicted molar refractivity (Wildman–Crippen MR) is 104 cm³/mol. The molecule has 0 N–H and O–H groups in total. The molecule has 0 aliphatic carbocycles. The van der Waals surface area contributed by atoms with Gasteiger partial charge >= 0.3 is 6.09 Å². The number of nitrogens with zero attached hydrogens (tertiary/aromatic N) is 4. The van der Waals surface area contributed by atoms with Crippen LogP contribution in [0, 0.1) is 11.8 Å². The number of ether oxygens (including phenoxy) is 1. The molecule has 4 rings (SSSR count). The molecule has 0 bridgehead atoms. The zero-order valence-corrected chi connectivity index (χ0v) is 16.1. The number of hydrogen-bond donors (Lipinski definition) is 0. The first-order chi connectivity index (χ1) is 12.9. The van der Waals surface area contributed by atoms with Crippen LogP contribution in [0.5, 0.6) is 0 Å². The van der Waals surface area contributed by atoms with Crippen molar-refractivity contribution < 1.29 is 9.53 Å². The van der Waals surface area contributed by atoms with E-state index in [1.165, 1.54) is 0 Å². The molecule has 2 atom stereocenters. The third kappa shape index (κ3) is 3.89. The fraction of sp³-hybridized carbons (Fsp3) is 0.476. The highest BCUT2D eigenvalue weighted by Gasteiger charge is 2.42. The normalized spacial score (nSPS) is 22.0. The quantitative estimate of drug-likeness (QED) is 0.815. The van der Waals surface area contributed by atoms with Crippen molar-refractivity contribution in [2.45, 2.75) is 26.4 Å². The van der Waals surface area contributed by atoms with Crippen LogP contribution in [0.25, 0.3) is 11.4 Å². The van der Waals surface area contributed by atoms with Crippen molar-refractivity contribution >= 4 is 11.8 Å². The number of fused-ring (bicyclic) bond motifs is 1. The predicted octanol–water partition coefficient (Wildman–Crippen LogP) is 3.45. The lowest BCUT2D eigenvalue weighted by Gasteiger charge is -2.26. The van der Waals surface area contributed by atoms with E-state index < -0.39 is 5.60 Å². The Morgan fingerprint density at radius 2 is 1.59 bits per heavy atom. The summed E-state index contributed by atoms with van der Waals surface area (Å²) >= 11 is 0. The number of aromatic nitrogens is 2. The molecule has 27 heavy (non-hydrogen) atoms. The van der Waals surface area contributed by atoms with Crippen LogP contribution in [0.1, 0.15) is 20.8 Å². The standard InChI is InChI=1S/C21H26N4O2/c1-21(2,3)27-20(26)25-13-16-11-24(12-17(16)14-25)18-9-22-19(23-10-18)15-7-5-4-6-8-15/h4-10,16-17H,11-14H2,1-3H3. The third-order valence-corrected chi connectivity index (χ3v) is 5.17. The zero-order chi connectivity index (χ0) is 19.0. The van der Waals surface area contributed by atoms with Crippen LogP contribution in [0.2, 0.25) is 0 Å². The molecule has 2 aromatic rings. The Kier molecular flexibility index (Phi) is 4.50. The number of hydrogen-bond acceptors (Lipinski definition) is 5. The summed E-state index contributed by atoms with van der Waals surface area (Å²) in [5.41, 5.74) is 1.63. The van der Waals surface area contributed by atoms with E-state index >= 15 is 0 Å². The number of carbonyl (C=O) groups excluding carboxylic acids is 1. The van der Waals surface area contributed by atoms with Gasteiger partial charge in [-0.05, 0) is 20.8 Å². The van der Waals surface area contributed by atoms with Gasteiger partial charge in [-0.1, -0.05) is 30.3 Å². The Labute approximate surface area is 160 Å². The van der Waals surface area contributed by atoms with Crippen LogP contribution >= 0.6 is 0 Å². The van der Waals surface area contributed by atoms with E-state index in [0.29, 0.717) is 11.8 Å². The minimum absolute atomic E-state index is 0.195. The summed E-state index contributed by atoms with van der Waals surface area (Å²) in [5, 5.41) is 0. The second kappa shape index (κ2) is 6.83. The van der Waals surface area contributed by atoms with Gasteiger partial charge in [0.2, 0.25) is 0 Å². The maximum Gasteiger partial charge on any atom is 0.410 e. The SMILES string of the molecule is CC(C)(C)OC(=O)N1CC2CN(c3cnc(-c4ccccc4)nc3)CC2C1. The molecule has 0 radical (unpaired) electrons. The van der Waals surface area contributed by atoms with Crippen LogP contribution in [-0.4, -0.2) is 52.7 Å². The highest BCUT2D eigenvalue weighted by molar-refractivity contribution is 5.68. The summed E-state index contributed by atoms with van der Waals surface area (Å²) in [6, 6.07) is 10.00.